The Morgan fingerprint density at radius 2 is 2.47 bits per heavy atom. The Hall–Kier alpha value is -1.20. The molecule has 2 aromatic rings. The quantitative estimate of drug-likeness (QED) is 0.894. The molecule has 4 nitrogen and oxygen atoms in total. The average molecular weight is 248 g/mol. The number of hydrogen-bond acceptors (Lipinski definition) is 4. The highest BCUT2D eigenvalue weighted by molar-refractivity contribution is 7.09. The number of nitrogens with zero attached hydrogens (tertiary/aromatic N) is 3. The molecule has 3 rings (SSSR count). The van der Waals surface area contributed by atoms with Crippen LogP contribution in [0.15, 0.2) is 17.5 Å². The molecule has 1 aliphatic rings. The first kappa shape index (κ1) is 10.9. The van der Waals surface area contributed by atoms with Crippen molar-refractivity contribution in [2.45, 2.75) is 25.8 Å². The van der Waals surface area contributed by atoms with E-state index in [1.54, 1.807) is 11.3 Å². The Morgan fingerprint density at radius 1 is 1.53 bits per heavy atom. The van der Waals surface area contributed by atoms with Gasteiger partial charge in [-0.05, 0) is 30.3 Å². The molecule has 3 heterocycles. The highest BCUT2D eigenvalue weighted by atomic mass is 32.1. The third-order valence-electron chi connectivity index (χ3n) is 3.26. The number of aromatic nitrogens is 3. The molecule has 0 bridgehead atoms. The predicted octanol–water partition coefficient (Wildman–Crippen LogP) is 1.45. The summed E-state index contributed by atoms with van der Waals surface area (Å²) in [5, 5.41) is 6.66. The Bertz CT molecular complexity index is 489. The number of thiophene rings is 1. The fraction of sp³-hybridized carbons (Fsp3) is 0.500. The lowest BCUT2D eigenvalue weighted by Crippen LogP contribution is -2.26. The van der Waals surface area contributed by atoms with Gasteiger partial charge in [0.25, 0.3) is 0 Å². The monoisotopic (exact) mass is 248 g/mol. The lowest BCUT2D eigenvalue weighted by molar-refractivity contribution is 0.369. The van der Waals surface area contributed by atoms with Gasteiger partial charge in [-0.15, -0.1) is 11.3 Å². The van der Waals surface area contributed by atoms with Gasteiger partial charge in [0, 0.05) is 24.3 Å². The Labute approximate surface area is 104 Å². The topological polar surface area (TPSA) is 56.7 Å². The van der Waals surface area contributed by atoms with Gasteiger partial charge in [0.05, 0.1) is 0 Å². The molecule has 2 N–H and O–H groups in total. The largest absolute Gasteiger partial charge is 0.330 e. The molecule has 1 aliphatic heterocycles. The summed E-state index contributed by atoms with van der Waals surface area (Å²) in [6, 6.07) is 4.20. The van der Waals surface area contributed by atoms with Crippen LogP contribution in [0.1, 0.15) is 22.9 Å². The van der Waals surface area contributed by atoms with Crippen LogP contribution in [0.3, 0.4) is 0 Å². The van der Waals surface area contributed by atoms with E-state index in [1.807, 2.05) is 0 Å². The summed E-state index contributed by atoms with van der Waals surface area (Å²) >= 11 is 1.76. The van der Waals surface area contributed by atoms with Crippen molar-refractivity contribution < 1.29 is 0 Å². The molecule has 0 aliphatic carbocycles. The molecule has 1 atom stereocenters. The molecule has 5 heteroatoms. The van der Waals surface area contributed by atoms with Gasteiger partial charge in [-0.25, -0.2) is 9.67 Å². The van der Waals surface area contributed by atoms with E-state index >= 15 is 0 Å². The molecule has 0 fully saturated rings. The number of rotatable bonds is 3. The van der Waals surface area contributed by atoms with Gasteiger partial charge in [-0.2, -0.15) is 5.10 Å². The minimum Gasteiger partial charge on any atom is -0.330 e. The van der Waals surface area contributed by atoms with Gasteiger partial charge in [-0.1, -0.05) is 6.07 Å². The van der Waals surface area contributed by atoms with Crippen molar-refractivity contribution in [2.75, 3.05) is 6.54 Å². The van der Waals surface area contributed by atoms with E-state index in [4.69, 9.17) is 5.73 Å². The molecule has 0 saturated heterocycles. The van der Waals surface area contributed by atoms with Crippen molar-refractivity contribution >= 4 is 11.3 Å². The lowest BCUT2D eigenvalue weighted by atomic mass is 9.99. The molecule has 0 spiro atoms. The van der Waals surface area contributed by atoms with E-state index in [9.17, 15) is 0 Å². The van der Waals surface area contributed by atoms with Crippen LogP contribution in [0.4, 0.5) is 0 Å². The highest BCUT2D eigenvalue weighted by Crippen LogP contribution is 2.19. The Balaban J connectivity index is 1.78. The summed E-state index contributed by atoms with van der Waals surface area (Å²) in [6.07, 6.45) is 2.96. The van der Waals surface area contributed by atoms with Gasteiger partial charge in [-0.3, -0.25) is 0 Å². The van der Waals surface area contributed by atoms with Gasteiger partial charge < -0.3 is 5.73 Å². The van der Waals surface area contributed by atoms with Gasteiger partial charge in [0.2, 0.25) is 0 Å². The SMILES string of the molecule is NCC1CCn2nc(Cc3cccs3)nc2C1. The van der Waals surface area contributed by atoms with E-state index < -0.39 is 0 Å². The molecular weight excluding hydrogens is 232 g/mol. The van der Waals surface area contributed by atoms with Crippen molar-refractivity contribution in [3.8, 4) is 0 Å². The molecule has 90 valence electrons. The second-order valence-corrected chi connectivity index (χ2v) is 5.55. The maximum atomic E-state index is 5.72. The molecule has 0 saturated carbocycles. The van der Waals surface area contributed by atoms with E-state index in [1.165, 1.54) is 4.88 Å². The summed E-state index contributed by atoms with van der Waals surface area (Å²) in [5.41, 5.74) is 5.72. The van der Waals surface area contributed by atoms with Crippen molar-refractivity contribution in [3.63, 3.8) is 0 Å². The normalized spacial score (nSPS) is 19.2. The van der Waals surface area contributed by atoms with E-state index in [2.05, 4.69) is 32.3 Å². The maximum Gasteiger partial charge on any atom is 0.156 e. The Kier molecular flexibility index (Phi) is 2.94. The molecule has 0 amide bonds. The number of aryl methyl sites for hydroxylation is 1. The zero-order valence-corrected chi connectivity index (χ0v) is 10.5. The van der Waals surface area contributed by atoms with Crippen LogP contribution in [-0.2, 0) is 19.4 Å². The van der Waals surface area contributed by atoms with Crippen LogP contribution in [-0.4, -0.2) is 21.3 Å². The average Bonchev–Trinajstić information content (AvgIpc) is 2.96. The first-order valence-corrected chi connectivity index (χ1v) is 6.88. The minimum absolute atomic E-state index is 0.585. The Morgan fingerprint density at radius 3 is 3.24 bits per heavy atom. The zero-order chi connectivity index (χ0) is 11.7. The van der Waals surface area contributed by atoms with Gasteiger partial charge in [0.15, 0.2) is 5.82 Å². The molecule has 2 aromatic heterocycles. The molecule has 0 radical (unpaired) electrons. The van der Waals surface area contributed by atoms with Gasteiger partial charge in [0.1, 0.15) is 5.82 Å². The van der Waals surface area contributed by atoms with Crippen molar-refractivity contribution in [3.05, 3.63) is 34.0 Å². The van der Waals surface area contributed by atoms with Crippen LogP contribution in [0.5, 0.6) is 0 Å². The van der Waals surface area contributed by atoms with Crippen LogP contribution >= 0.6 is 11.3 Å². The van der Waals surface area contributed by atoms with Crippen LogP contribution in [0.25, 0.3) is 0 Å². The van der Waals surface area contributed by atoms with Crippen LogP contribution in [0, 0.1) is 5.92 Å². The van der Waals surface area contributed by atoms with E-state index in [-0.39, 0.29) is 0 Å². The molecule has 1 unspecified atom stereocenters. The third kappa shape index (κ3) is 2.25. The molecular formula is C12H16N4S. The van der Waals surface area contributed by atoms with Crippen LogP contribution in [0.2, 0.25) is 0 Å². The van der Waals surface area contributed by atoms with Crippen LogP contribution < -0.4 is 5.73 Å². The van der Waals surface area contributed by atoms with Gasteiger partial charge >= 0.3 is 0 Å². The summed E-state index contributed by atoms with van der Waals surface area (Å²) in [5.74, 6) is 2.64. The number of hydrogen-bond donors (Lipinski definition) is 1. The lowest BCUT2D eigenvalue weighted by Gasteiger charge is -2.19. The zero-order valence-electron chi connectivity index (χ0n) is 9.67. The highest BCUT2D eigenvalue weighted by Gasteiger charge is 2.20. The molecule has 17 heavy (non-hydrogen) atoms. The molecule has 0 aromatic carbocycles. The van der Waals surface area contributed by atoms with Crippen molar-refractivity contribution in [1.82, 2.24) is 14.8 Å². The van der Waals surface area contributed by atoms with Crippen molar-refractivity contribution in [1.29, 1.82) is 0 Å². The number of nitrogens with two attached hydrogens (primary N) is 1. The van der Waals surface area contributed by atoms with E-state index in [0.717, 1.165) is 44.0 Å². The first-order valence-electron chi connectivity index (χ1n) is 6.00. The summed E-state index contributed by atoms with van der Waals surface area (Å²) < 4.78 is 2.05. The fourth-order valence-corrected chi connectivity index (χ4v) is 2.97. The summed E-state index contributed by atoms with van der Waals surface area (Å²) in [6.45, 7) is 1.72. The third-order valence-corrected chi connectivity index (χ3v) is 4.13. The maximum absolute atomic E-state index is 5.72. The second kappa shape index (κ2) is 4.58. The second-order valence-electron chi connectivity index (χ2n) is 4.52. The summed E-state index contributed by atoms with van der Waals surface area (Å²) in [4.78, 5) is 5.95. The minimum atomic E-state index is 0.585. The van der Waals surface area contributed by atoms with Crippen molar-refractivity contribution in [2.24, 2.45) is 11.7 Å². The predicted molar refractivity (Wildman–Crippen MR) is 68.0 cm³/mol. The number of fused-ring (bicyclic) bond motifs is 1. The van der Waals surface area contributed by atoms with E-state index in [0.29, 0.717) is 5.92 Å². The standard InChI is InChI=1S/C12H16N4S/c13-8-9-3-4-16-12(6-9)14-11(15-16)7-10-2-1-5-17-10/h1-2,5,9H,3-4,6-8,13H2. The first-order chi connectivity index (χ1) is 8.35. The fourth-order valence-electron chi connectivity index (χ4n) is 2.27. The summed E-state index contributed by atoms with van der Waals surface area (Å²) in [7, 11) is 0. The smallest absolute Gasteiger partial charge is 0.156 e.